The van der Waals surface area contributed by atoms with Gasteiger partial charge >= 0.3 is 5.97 Å². The van der Waals surface area contributed by atoms with Crippen LogP contribution in [0.3, 0.4) is 0 Å². The fourth-order valence-corrected chi connectivity index (χ4v) is 13.1. The van der Waals surface area contributed by atoms with Gasteiger partial charge in [-0.2, -0.15) is 5.10 Å². The molecular weight excluding hydrogens is 999 g/mol. The molecule has 0 bridgehead atoms. The van der Waals surface area contributed by atoms with Crippen LogP contribution in [0.2, 0.25) is 0 Å². The Kier molecular flexibility index (Phi) is 15.1. The first kappa shape index (κ1) is 52.9. The molecule has 78 heavy (non-hydrogen) atoms. The molecule has 2 N–H and O–H groups in total. The van der Waals surface area contributed by atoms with E-state index in [9.17, 15) is 19.2 Å². The monoisotopic (exact) mass is 1070 g/mol. The normalized spacial score (nSPS) is 20.2. The first-order chi connectivity index (χ1) is 37.6. The van der Waals surface area contributed by atoms with Crippen LogP contribution in [0.5, 0.6) is 5.75 Å². The van der Waals surface area contributed by atoms with Gasteiger partial charge in [0.2, 0.25) is 11.8 Å². The Morgan fingerprint density at radius 2 is 1.68 bits per heavy atom. The molecule has 1 aliphatic carbocycles. The zero-order valence-electron chi connectivity index (χ0n) is 45.8. The number of piperidine rings is 1. The number of piperazine rings is 1. The Bertz CT molecular complexity index is 3380. The number of rotatable bonds is 14. The molecule has 406 valence electrons. The lowest BCUT2D eigenvalue weighted by molar-refractivity contribution is -0.134. The molecular formula is C62H71N9O6S. The fourth-order valence-electron chi connectivity index (χ4n) is 12.2. The standard InChI is InChI=1S/C62H71N9O6S/c1-38-36-69(33-34-71(38)42-22-25-47-51(35-42)68(6)67-56(47)48-27-29-55(72)65-59(48)74)31-10-9-13-40-20-23-43(24-21-40)76-52-18-12-15-44(39(52)2)45-26-28-54(64-57(45)60(75)77-62(3,4)5)70-32-30-41-14-11-16-46(49(41)37-70)58(73)66-61-63-50-17-7-8-19-53(50)78-61/h7-8,11-12,14-19,22,25-26,28,35,38,40,43,48H,9-10,13,20-21,23-24,27,29-34,36-37H2,1-6H3,(H,63,66,73)(H,65,72,74)/t38-,40-,43-,48?/m1/s1. The second kappa shape index (κ2) is 22.3. The summed E-state index contributed by atoms with van der Waals surface area (Å²) in [6, 6.07) is 30.6. The number of ether oxygens (including phenoxy) is 2. The van der Waals surface area contributed by atoms with E-state index in [4.69, 9.17) is 19.6 Å². The summed E-state index contributed by atoms with van der Waals surface area (Å²) < 4.78 is 15.7. The zero-order valence-corrected chi connectivity index (χ0v) is 46.6. The molecule has 11 rings (SSSR count). The smallest absolute Gasteiger partial charge is 0.358 e. The summed E-state index contributed by atoms with van der Waals surface area (Å²) in [7, 11) is 1.93. The second-order valence-corrected chi connectivity index (χ2v) is 23.9. The van der Waals surface area contributed by atoms with E-state index in [1.807, 2.05) is 99.2 Å². The molecule has 0 radical (unpaired) electrons. The van der Waals surface area contributed by atoms with E-state index in [0.717, 1.165) is 113 Å². The van der Waals surface area contributed by atoms with Crippen molar-refractivity contribution in [2.75, 3.05) is 47.8 Å². The predicted octanol–water partition coefficient (Wildman–Crippen LogP) is 11.2. The van der Waals surface area contributed by atoms with Gasteiger partial charge < -0.3 is 19.3 Å². The van der Waals surface area contributed by atoms with Crippen molar-refractivity contribution in [3.8, 4) is 16.9 Å². The molecule has 2 atom stereocenters. The number of esters is 1. The number of nitrogens with zero attached hydrogens (tertiary/aromatic N) is 7. The maximum Gasteiger partial charge on any atom is 0.358 e. The number of hydrogen-bond acceptors (Lipinski definition) is 13. The molecule has 3 fully saturated rings. The van der Waals surface area contributed by atoms with Crippen LogP contribution in [0.4, 0.5) is 16.6 Å². The average Bonchev–Trinajstić information content (AvgIpc) is 4.15. The van der Waals surface area contributed by atoms with Crippen LogP contribution in [0.25, 0.3) is 32.2 Å². The minimum atomic E-state index is -0.731. The van der Waals surface area contributed by atoms with Crippen molar-refractivity contribution < 1.29 is 28.7 Å². The van der Waals surface area contributed by atoms with Crippen LogP contribution < -0.4 is 25.2 Å². The number of aromatic nitrogens is 4. The molecule has 0 spiro atoms. The highest BCUT2D eigenvalue weighted by atomic mass is 32.1. The van der Waals surface area contributed by atoms with Gasteiger partial charge in [0.1, 0.15) is 17.2 Å². The van der Waals surface area contributed by atoms with Crippen molar-refractivity contribution in [3.05, 3.63) is 125 Å². The summed E-state index contributed by atoms with van der Waals surface area (Å²) in [4.78, 5) is 69.4. The van der Waals surface area contributed by atoms with E-state index in [2.05, 4.69) is 68.4 Å². The molecule has 1 saturated carbocycles. The van der Waals surface area contributed by atoms with Crippen LogP contribution in [0, 0.1) is 12.8 Å². The number of pyridine rings is 1. The van der Waals surface area contributed by atoms with Gasteiger partial charge in [0.05, 0.1) is 33.4 Å². The number of benzene rings is 4. The quantitative estimate of drug-likeness (QED) is 0.0603. The van der Waals surface area contributed by atoms with Crippen LogP contribution in [-0.4, -0.2) is 98.8 Å². The molecule has 4 aromatic carbocycles. The van der Waals surface area contributed by atoms with Crippen LogP contribution in [0.15, 0.2) is 91.0 Å². The SMILES string of the molecule is Cc1c(O[C@H]2CC[C@H](CCCCN3CCN(c4ccc5c(C6CCC(=O)NC6=O)nn(C)c5c4)[C@H](C)C3)CC2)cccc1-c1ccc(N2CCc3cccc(C(=O)Nc4nc5ccccc5s4)c3C2)nc1C(=O)OC(C)(C)C. The number of nitrogens with one attached hydrogen (secondary N) is 2. The van der Waals surface area contributed by atoms with Gasteiger partial charge in [0, 0.05) is 74.4 Å². The number of amides is 3. The topological polar surface area (TPSA) is 164 Å². The number of imide groups is 1. The van der Waals surface area contributed by atoms with Gasteiger partial charge in [0.25, 0.3) is 5.91 Å². The Morgan fingerprint density at radius 1 is 0.859 bits per heavy atom. The Hall–Kier alpha value is -7.17. The maximum atomic E-state index is 14.1. The third kappa shape index (κ3) is 11.4. The van der Waals surface area contributed by atoms with Gasteiger partial charge in [-0.05, 0) is 169 Å². The van der Waals surface area contributed by atoms with E-state index in [1.54, 1.807) is 0 Å². The Labute approximate surface area is 460 Å². The number of hydrogen-bond donors (Lipinski definition) is 2. The molecule has 15 nitrogen and oxygen atoms in total. The predicted molar refractivity (Wildman–Crippen MR) is 308 cm³/mol. The molecule has 1 unspecified atom stereocenters. The molecule has 3 aliphatic heterocycles. The number of para-hydroxylation sites is 1. The third-order valence-electron chi connectivity index (χ3n) is 16.3. The lowest BCUT2D eigenvalue weighted by Crippen LogP contribution is -2.52. The van der Waals surface area contributed by atoms with E-state index < -0.39 is 17.5 Å². The first-order valence-electron chi connectivity index (χ1n) is 28.0. The number of aryl methyl sites for hydroxylation is 1. The molecule has 7 aromatic rings. The highest BCUT2D eigenvalue weighted by Crippen LogP contribution is 2.39. The molecule has 3 aromatic heterocycles. The minimum Gasteiger partial charge on any atom is -0.490 e. The summed E-state index contributed by atoms with van der Waals surface area (Å²) in [6.07, 6.45) is 9.65. The summed E-state index contributed by atoms with van der Waals surface area (Å²) >= 11 is 1.45. The van der Waals surface area contributed by atoms with Crippen LogP contribution in [-0.2, 0) is 34.3 Å². The van der Waals surface area contributed by atoms with E-state index >= 15 is 0 Å². The van der Waals surface area contributed by atoms with Gasteiger partial charge in [-0.3, -0.25) is 34.6 Å². The van der Waals surface area contributed by atoms with Crippen molar-refractivity contribution in [2.45, 2.75) is 129 Å². The Balaban J connectivity index is 0.681. The number of unbranched alkanes of at least 4 members (excludes halogenated alkanes) is 1. The highest BCUT2D eigenvalue weighted by Gasteiger charge is 2.33. The van der Waals surface area contributed by atoms with Gasteiger partial charge in [-0.25, -0.2) is 14.8 Å². The first-order valence-corrected chi connectivity index (χ1v) is 28.8. The third-order valence-corrected chi connectivity index (χ3v) is 17.3. The van der Waals surface area contributed by atoms with Gasteiger partial charge in [-0.1, -0.05) is 60.6 Å². The number of anilines is 3. The van der Waals surface area contributed by atoms with E-state index in [0.29, 0.717) is 60.0 Å². The van der Waals surface area contributed by atoms with Crippen molar-refractivity contribution in [1.82, 2.24) is 30.0 Å². The Morgan fingerprint density at radius 3 is 2.47 bits per heavy atom. The maximum absolute atomic E-state index is 14.1. The number of carbonyl (C=O) groups excluding carboxylic acids is 4. The van der Waals surface area contributed by atoms with Gasteiger partial charge in [0.15, 0.2) is 10.8 Å². The second-order valence-electron chi connectivity index (χ2n) is 22.9. The van der Waals surface area contributed by atoms with E-state index in [-0.39, 0.29) is 29.5 Å². The van der Waals surface area contributed by atoms with Crippen molar-refractivity contribution in [2.24, 2.45) is 13.0 Å². The summed E-state index contributed by atoms with van der Waals surface area (Å²) in [6.45, 7) is 15.2. The van der Waals surface area contributed by atoms with Crippen molar-refractivity contribution in [3.63, 3.8) is 0 Å². The fraction of sp³-hybridized carbons (Fsp3) is 0.435. The molecule has 2 saturated heterocycles. The van der Waals surface area contributed by atoms with Crippen molar-refractivity contribution >= 4 is 72.8 Å². The minimum absolute atomic E-state index is 0.125. The van der Waals surface area contributed by atoms with Crippen molar-refractivity contribution in [1.29, 1.82) is 0 Å². The average molecular weight is 1070 g/mol. The molecule has 3 amide bonds. The molecule has 4 aliphatic rings. The summed E-state index contributed by atoms with van der Waals surface area (Å²) in [5.74, 6) is 0.593. The van der Waals surface area contributed by atoms with E-state index in [1.165, 1.54) is 36.3 Å². The molecule has 16 heteroatoms. The number of carbonyl (C=O) groups is 4. The van der Waals surface area contributed by atoms with Gasteiger partial charge in [-0.15, -0.1) is 0 Å². The van der Waals surface area contributed by atoms with Crippen LogP contribution >= 0.6 is 11.3 Å². The largest absolute Gasteiger partial charge is 0.490 e. The zero-order chi connectivity index (χ0) is 54.2. The highest BCUT2D eigenvalue weighted by molar-refractivity contribution is 7.22. The van der Waals surface area contributed by atoms with Crippen LogP contribution in [0.1, 0.15) is 135 Å². The number of thiazole rings is 1. The number of fused-ring (bicyclic) bond motifs is 3. The lowest BCUT2D eigenvalue weighted by Gasteiger charge is -2.41. The summed E-state index contributed by atoms with van der Waals surface area (Å²) in [5.41, 5.74) is 8.46. The molecule has 6 heterocycles. The lowest BCUT2D eigenvalue weighted by atomic mass is 9.84. The summed E-state index contributed by atoms with van der Waals surface area (Å²) in [5, 5.41) is 11.8.